The molecule has 108 valence electrons. The van der Waals surface area contributed by atoms with Crippen LogP contribution in [0.4, 0.5) is 5.69 Å². The number of hydrogen-bond donors (Lipinski definition) is 0. The van der Waals surface area contributed by atoms with Crippen LogP contribution in [0.5, 0.6) is 0 Å². The monoisotopic (exact) mass is 299 g/mol. The van der Waals surface area contributed by atoms with Crippen molar-refractivity contribution in [1.82, 2.24) is 0 Å². The molecule has 0 radical (unpaired) electrons. The highest BCUT2D eigenvalue weighted by Crippen LogP contribution is 2.26. The van der Waals surface area contributed by atoms with Gasteiger partial charge in [-0.1, -0.05) is 29.8 Å². The Kier molecular flexibility index (Phi) is 4.26. The molecule has 1 aliphatic rings. The quantitative estimate of drug-likeness (QED) is 0.785. The van der Waals surface area contributed by atoms with E-state index >= 15 is 0 Å². The van der Waals surface area contributed by atoms with Gasteiger partial charge in [0.25, 0.3) is 0 Å². The fourth-order valence-electron chi connectivity index (χ4n) is 2.83. The minimum Gasteiger partial charge on any atom is -0.364 e. The predicted octanol–water partition coefficient (Wildman–Crippen LogP) is 4.37. The third kappa shape index (κ3) is 3.27. The van der Waals surface area contributed by atoms with Crippen LogP contribution >= 0.6 is 11.6 Å². The average Bonchev–Trinajstić information content (AvgIpc) is 2.71. The van der Waals surface area contributed by atoms with Crippen LogP contribution in [-0.4, -0.2) is 18.9 Å². The number of nitrogens with zero attached hydrogens (tertiary/aromatic N) is 1. The molecule has 2 nitrogen and oxygen atoms in total. The number of Topliss-reactive ketones (excluding diaryl/α,β-unsaturated/α-hetero) is 1. The summed E-state index contributed by atoms with van der Waals surface area (Å²) in [5.41, 5.74) is 3.28. The van der Waals surface area contributed by atoms with E-state index in [1.165, 1.54) is 17.7 Å². The second-order valence-electron chi connectivity index (χ2n) is 5.44. The number of aryl methyl sites for hydroxylation is 1. The molecule has 0 bridgehead atoms. The van der Waals surface area contributed by atoms with Crippen molar-refractivity contribution >= 4 is 23.1 Å². The van der Waals surface area contributed by atoms with E-state index in [4.69, 9.17) is 11.6 Å². The predicted molar refractivity (Wildman–Crippen MR) is 87.4 cm³/mol. The number of benzene rings is 2. The molecule has 0 saturated carbocycles. The van der Waals surface area contributed by atoms with Gasteiger partial charge in [-0.25, -0.2) is 0 Å². The first kappa shape index (κ1) is 14.2. The van der Waals surface area contributed by atoms with E-state index in [1.807, 2.05) is 6.07 Å². The molecule has 0 spiro atoms. The molecule has 21 heavy (non-hydrogen) atoms. The number of ketones is 1. The molecule has 1 heterocycles. The number of anilines is 1. The maximum Gasteiger partial charge on any atom is 0.182 e. The second kappa shape index (κ2) is 6.31. The number of fused-ring (bicyclic) bond motifs is 1. The molecule has 3 heteroatoms. The Labute approximate surface area is 130 Å². The Balaban J connectivity index is 1.81. The summed E-state index contributed by atoms with van der Waals surface area (Å²) in [7, 11) is 0. The van der Waals surface area contributed by atoms with Crippen LogP contribution in [0.1, 0.15) is 28.8 Å². The van der Waals surface area contributed by atoms with Crippen molar-refractivity contribution in [3.63, 3.8) is 0 Å². The summed E-state index contributed by atoms with van der Waals surface area (Å²) in [5, 5.41) is 0.659. The third-order valence-corrected chi connectivity index (χ3v) is 4.21. The lowest BCUT2D eigenvalue weighted by atomic mass is 10.1. The summed E-state index contributed by atoms with van der Waals surface area (Å²) in [6.45, 7) is 1.37. The van der Waals surface area contributed by atoms with Crippen molar-refractivity contribution in [3.05, 3.63) is 64.7 Å². The molecule has 0 N–H and O–H groups in total. The Bertz CT molecular complexity index is 636. The first-order valence-electron chi connectivity index (χ1n) is 7.35. The van der Waals surface area contributed by atoms with Gasteiger partial charge in [-0.2, -0.15) is 0 Å². The van der Waals surface area contributed by atoms with Gasteiger partial charge in [0, 0.05) is 22.8 Å². The molecule has 0 aromatic heterocycles. The zero-order valence-electron chi connectivity index (χ0n) is 11.9. The van der Waals surface area contributed by atoms with Crippen LogP contribution in [-0.2, 0) is 6.42 Å². The highest BCUT2D eigenvalue weighted by atomic mass is 35.5. The van der Waals surface area contributed by atoms with Crippen LogP contribution in [0.2, 0.25) is 5.02 Å². The van der Waals surface area contributed by atoms with Gasteiger partial charge >= 0.3 is 0 Å². The lowest BCUT2D eigenvalue weighted by molar-refractivity contribution is 0.0999. The molecule has 1 aliphatic heterocycles. The van der Waals surface area contributed by atoms with Crippen molar-refractivity contribution in [2.24, 2.45) is 0 Å². The molecule has 0 atom stereocenters. The SMILES string of the molecule is O=C(CN1CCCCc2ccccc21)c1ccc(Cl)cc1. The highest BCUT2D eigenvalue weighted by molar-refractivity contribution is 6.30. The molecule has 0 unspecified atom stereocenters. The minimum absolute atomic E-state index is 0.142. The second-order valence-corrected chi connectivity index (χ2v) is 5.87. The smallest absolute Gasteiger partial charge is 0.182 e. The van der Waals surface area contributed by atoms with Gasteiger partial charge in [0.2, 0.25) is 0 Å². The van der Waals surface area contributed by atoms with Crippen molar-refractivity contribution in [2.75, 3.05) is 18.0 Å². The van der Waals surface area contributed by atoms with E-state index in [9.17, 15) is 4.79 Å². The fourth-order valence-corrected chi connectivity index (χ4v) is 2.96. The van der Waals surface area contributed by atoms with E-state index in [0.717, 1.165) is 24.9 Å². The Morgan fingerprint density at radius 1 is 1.05 bits per heavy atom. The topological polar surface area (TPSA) is 20.3 Å². The molecule has 0 aliphatic carbocycles. The van der Waals surface area contributed by atoms with Crippen molar-refractivity contribution in [3.8, 4) is 0 Å². The zero-order valence-corrected chi connectivity index (χ0v) is 12.6. The van der Waals surface area contributed by atoms with Crippen molar-refractivity contribution in [1.29, 1.82) is 0 Å². The number of carbonyl (C=O) groups excluding carboxylic acids is 1. The molecule has 0 amide bonds. The number of carbonyl (C=O) groups is 1. The number of halogens is 1. The van der Waals surface area contributed by atoms with Crippen LogP contribution in [0.3, 0.4) is 0 Å². The lowest BCUT2D eigenvalue weighted by Crippen LogP contribution is -2.30. The summed E-state index contributed by atoms with van der Waals surface area (Å²) in [6.07, 6.45) is 3.41. The Morgan fingerprint density at radius 3 is 2.62 bits per heavy atom. The van der Waals surface area contributed by atoms with Crippen molar-refractivity contribution < 1.29 is 4.79 Å². The van der Waals surface area contributed by atoms with Gasteiger partial charge in [0.15, 0.2) is 5.78 Å². The van der Waals surface area contributed by atoms with Crippen molar-refractivity contribution in [2.45, 2.75) is 19.3 Å². The average molecular weight is 300 g/mol. The van der Waals surface area contributed by atoms with E-state index < -0.39 is 0 Å². The van der Waals surface area contributed by atoms with E-state index in [-0.39, 0.29) is 5.78 Å². The maximum atomic E-state index is 12.5. The zero-order chi connectivity index (χ0) is 14.7. The molecule has 2 aromatic carbocycles. The molecule has 0 saturated heterocycles. The molecular formula is C18H18ClNO. The van der Waals surface area contributed by atoms with E-state index in [0.29, 0.717) is 11.6 Å². The first-order valence-corrected chi connectivity index (χ1v) is 7.73. The highest BCUT2D eigenvalue weighted by Gasteiger charge is 2.18. The van der Waals surface area contributed by atoms with Gasteiger partial charge in [0.1, 0.15) is 0 Å². The Hall–Kier alpha value is -1.80. The molecular weight excluding hydrogens is 282 g/mol. The van der Waals surface area contributed by atoms with Crippen LogP contribution in [0, 0.1) is 0 Å². The molecule has 3 rings (SSSR count). The number of hydrogen-bond acceptors (Lipinski definition) is 2. The maximum absolute atomic E-state index is 12.5. The van der Waals surface area contributed by atoms with Crippen LogP contribution < -0.4 is 4.90 Å². The minimum atomic E-state index is 0.142. The number of rotatable bonds is 3. The summed E-state index contributed by atoms with van der Waals surface area (Å²) in [5.74, 6) is 0.142. The van der Waals surface area contributed by atoms with E-state index in [2.05, 4.69) is 23.1 Å². The molecule has 2 aromatic rings. The number of para-hydroxylation sites is 1. The van der Waals surface area contributed by atoms with Gasteiger partial charge in [-0.05, 0) is 55.2 Å². The standard InChI is InChI=1S/C18H18ClNO/c19-16-10-8-15(9-11-16)18(21)13-20-12-4-3-6-14-5-1-2-7-17(14)20/h1-2,5,7-11H,3-4,6,12-13H2. The Morgan fingerprint density at radius 2 is 1.81 bits per heavy atom. The van der Waals surface area contributed by atoms with Crippen LogP contribution in [0.25, 0.3) is 0 Å². The molecule has 0 fully saturated rings. The van der Waals surface area contributed by atoms with Gasteiger partial charge < -0.3 is 4.90 Å². The summed E-state index contributed by atoms with van der Waals surface area (Å²) < 4.78 is 0. The summed E-state index contributed by atoms with van der Waals surface area (Å²) >= 11 is 5.88. The van der Waals surface area contributed by atoms with Crippen LogP contribution in [0.15, 0.2) is 48.5 Å². The summed E-state index contributed by atoms with van der Waals surface area (Å²) in [4.78, 5) is 14.7. The lowest BCUT2D eigenvalue weighted by Gasteiger charge is -2.24. The third-order valence-electron chi connectivity index (χ3n) is 3.96. The fraction of sp³-hybridized carbons (Fsp3) is 0.278. The first-order chi connectivity index (χ1) is 10.2. The van der Waals surface area contributed by atoms with Gasteiger partial charge in [-0.15, -0.1) is 0 Å². The summed E-state index contributed by atoms with van der Waals surface area (Å²) in [6, 6.07) is 15.5. The normalized spacial score (nSPS) is 14.4. The van der Waals surface area contributed by atoms with Gasteiger partial charge in [-0.3, -0.25) is 4.79 Å². The van der Waals surface area contributed by atoms with Gasteiger partial charge in [0.05, 0.1) is 6.54 Å². The largest absolute Gasteiger partial charge is 0.364 e. The van der Waals surface area contributed by atoms with E-state index in [1.54, 1.807) is 24.3 Å².